The first-order chi connectivity index (χ1) is 13.8. The topological polar surface area (TPSA) is 79.2 Å². The minimum absolute atomic E-state index is 0. The highest BCUT2D eigenvalue weighted by atomic mass is 127. The maximum atomic E-state index is 13.0. The van der Waals surface area contributed by atoms with Gasteiger partial charge < -0.3 is 16.0 Å². The van der Waals surface area contributed by atoms with E-state index in [1.807, 2.05) is 31.5 Å². The van der Waals surface area contributed by atoms with E-state index in [-0.39, 0.29) is 36.3 Å². The summed E-state index contributed by atoms with van der Waals surface area (Å²) >= 11 is 0. The molecule has 2 aromatic rings. The van der Waals surface area contributed by atoms with Crippen LogP contribution >= 0.6 is 24.0 Å². The van der Waals surface area contributed by atoms with Gasteiger partial charge in [-0.05, 0) is 45.4 Å². The minimum atomic E-state index is -4.44. The van der Waals surface area contributed by atoms with Gasteiger partial charge in [-0.3, -0.25) is 9.67 Å². The lowest BCUT2D eigenvalue weighted by Crippen LogP contribution is -2.39. The Bertz CT molecular complexity index is 806. The molecule has 0 atom stereocenters. The first-order valence-corrected chi connectivity index (χ1v) is 9.60. The number of pyridine rings is 1. The molecule has 11 heteroatoms. The van der Waals surface area contributed by atoms with Crippen molar-refractivity contribution in [2.45, 2.75) is 39.9 Å². The Morgan fingerprint density at radius 2 is 1.97 bits per heavy atom. The van der Waals surface area contributed by atoms with Crippen molar-refractivity contribution in [2.24, 2.45) is 4.99 Å². The summed E-state index contributed by atoms with van der Waals surface area (Å²) in [6.45, 7) is 8.69. The van der Waals surface area contributed by atoms with E-state index >= 15 is 0 Å². The first-order valence-electron chi connectivity index (χ1n) is 9.60. The molecule has 2 aromatic heterocycles. The van der Waals surface area contributed by atoms with E-state index < -0.39 is 11.7 Å². The van der Waals surface area contributed by atoms with Crippen LogP contribution in [0.25, 0.3) is 0 Å². The summed E-state index contributed by atoms with van der Waals surface area (Å²) in [4.78, 5) is 8.28. The molecule has 0 aliphatic heterocycles. The first kappa shape index (κ1) is 26.0. The van der Waals surface area contributed by atoms with E-state index in [4.69, 9.17) is 0 Å². The summed E-state index contributed by atoms with van der Waals surface area (Å²) in [5, 5.41) is 13.4. The number of aryl methyl sites for hydroxylation is 3. The van der Waals surface area contributed by atoms with Crippen molar-refractivity contribution < 1.29 is 13.2 Å². The SMILES string of the molecule is CCNC(=NCCCn1nc(C)cc1C)NCCNc1ncccc1C(F)(F)F.I. The number of hydrogen-bond donors (Lipinski definition) is 3. The molecule has 0 unspecified atom stereocenters. The van der Waals surface area contributed by atoms with E-state index in [2.05, 4.69) is 31.0 Å². The fourth-order valence-electron chi connectivity index (χ4n) is 2.79. The Morgan fingerprint density at radius 3 is 2.60 bits per heavy atom. The standard InChI is InChI=1S/C19H28F3N7.HI/c1-4-23-18(26-9-6-12-29-15(3)13-14(2)28-29)27-11-10-25-17-16(19(20,21)22)7-5-8-24-17;/h5,7-8,13H,4,6,9-12H2,1-3H3,(H,24,25)(H2,23,26,27);1H. The molecule has 168 valence electrons. The van der Waals surface area contributed by atoms with Crippen LogP contribution in [-0.2, 0) is 12.7 Å². The van der Waals surface area contributed by atoms with E-state index in [1.165, 1.54) is 12.3 Å². The molecule has 0 bridgehead atoms. The number of alkyl halides is 3. The molecule has 0 spiro atoms. The molecule has 0 saturated carbocycles. The lowest BCUT2D eigenvalue weighted by molar-refractivity contribution is -0.137. The average molecular weight is 539 g/mol. The molecule has 0 radical (unpaired) electrons. The van der Waals surface area contributed by atoms with Gasteiger partial charge in [-0.2, -0.15) is 18.3 Å². The van der Waals surface area contributed by atoms with Gasteiger partial charge in [0.15, 0.2) is 5.96 Å². The Balaban J connectivity index is 0.00000450. The van der Waals surface area contributed by atoms with Gasteiger partial charge >= 0.3 is 6.18 Å². The fraction of sp³-hybridized carbons (Fsp3) is 0.526. The molecule has 3 N–H and O–H groups in total. The number of hydrogen-bond acceptors (Lipinski definition) is 4. The lowest BCUT2D eigenvalue weighted by Gasteiger charge is -2.15. The van der Waals surface area contributed by atoms with Crippen LogP contribution < -0.4 is 16.0 Å². The second kappa shape index (κ2) is 12.6. The highest BCUT2D eigenvalue weighted by molar-refractivity contribution is 14.0. The van der Waals surface area contributed by atoms with Crippen LogP contribution in [0.4, 0.5) is 19.0 Å². The molecule has 2 heterocycles. The predicted molar refractivity (Wildman–Crippen MR) is 123 cm³/mol. The van der Waals surface area contributed by atoms with Gasteiger partial charge in [0, 0.05) is 44.6 Å². The third kappa shape index (κ3) is 8.36. The Labute approximate surface area is 192 Å². The van der Waals surface area contributed by atoms with Gasteiger partial charge in [0.2, 0.25) is 0 Å². The Morgan fingerprint density at radius 1 is 1.20 bits per heavy atom. The lowest BCUT2D eigenvalue weighted by atomic mass is 10.2. The Kier molecular flexibility index (Phi) is 10.9. The molecule has 0 aliphatic rings. The summed E-state index contributed by atoms with van der Waals surface area (Å²) in [6.07, 6.45) is -2.27. The van der Waals surface area contributed by atoms with Crippen LogP contribution in [0.1, 0.15) is 30.3 Å². The smallest absolute Gasteiger partial charge is 0.368 e. The summed E-state index contributed by atoms with van der Waals surface area (Å²) in [5.41, 5.74) is 1.34. The third-order valence-corrected chi connectivity index (χ3v) is 4.07. The van der Waals surface area contributed by atoms with Crippen molar-refractivity contribution in [3.8, 4) is 0 Å². The summed E-state index contributed by atoms with van der Waals surface area (Å²) in [5.74, 6) is 0.452. The van der Waals surface area contributed by atoms with Crippen LogP contribution in [-0.4, -0.2) is 46.9 Å². The molecule has 2 rings (SSSR count). The van der Waals surface area contributed by atoms with E-state index in [0.29, 0.717) is 25.6 Å². The van der Waals surface area contributed by atoms with Crippen molar-refractivity contribution in [3.63, 3.8) is 0 Å². The number of rotatable bonds is 9. The van der Waals surface area contributed by atoms with Gasteiger partial charge in [0.05, 0.1) is 11.3 Å². The van der Waals surface area contributed by atoms with Crippen molar-refractivity contribution in [3.05, 3.63) is 41.3 Å². The molecule has 0 fully saturated rings. The zero-order valence-corrected chi connectivity index (χ0v) is 19.7. The molecule has 0 amide bonds. The number of aromatic nitrogens is 3. The van der Waals surface area contributed by atoms with Crippen molar-refractivity contribution in [1.29, 1.82) is 0 Å². The van der Waals surface area contributed by atoms with Crippen LogP contribution in [0.5, 0.6) is 0 Å². The molecule has 7 nitrogen and oxygen atoms in total. The number of guanidine groups is 1. The van der Waals surface area contributed by atoms with Crippen LogP contribution in [0.15, 0.2) is 29.4 Å². The highest BCUT2D eigenvalue weighted by Gasteiger charge is 2.33. The Hall–Kier alpha value is -2.05. The maximum absolute atomic E-state index is 13.0. The largest absolute Gasteiger partial charge is 0.419 e. The average Bonchev–Trinajstić information content (AvgIpc) is 2.98. The van der Waals surface area contributed by atoms with Gasteiger partial charge in [0.1, 0.15) is 5.82 Å². The second-order valence-corrected chi connectivity index (χ2v) is 6.52. The maximum Gasteiger partial charge on any atom is 0.419 e. The van der Waals surface area contributed by atoms with Crippen molar-refractivity contribution in [1.82, 2.24) is 25.4 Å². The third-order valence-electron chi connectivity index (χ3n) is 4.07. The number of anilines is 1. The zero-order chi connectivity index (χ0) is 21.3. The number of halogens is 4. The summed E-state index contributed by atoms with van der Waals surface area (Å²) in [7, 11) is 0. The van der Waals surface area contributed by atoms with Crippen molar-refractivity contribution >= 4 is 35.8 Å². The summed E-state index contributed by atoms with van der Waals surface area (Å²) in [6, 6.07) is 4.32. The minimum Gasteiger partial charge on any atom is -0.368 e. The van der Waals surface area contributed by atoms with Gasteiger partial charge in [-0.15, -0.1) is 24.0 Å². The predicted octanol–water partition coefficient (Wildman–Crippen LogP) is 3.59. The molecule has 0 aromatic carbocycles. The van der Waals surface area contributed by atoms with Crippen LogP contribution in [0, 0.1) is 13.8 Å². The van der Waals surface area contributed by atoms with E-state index in [9.17, 15) is 13.2 Å². The number of nitrogens with zero attached hydrogens (tertiary/aromatic N) is 4. The highest BCUT2D eigenvalue weighted by Crippen LogP contribution is 2.33. The van der Waals surface area contributed by atoms with Crippen LogP contribution in [0.3, 0.4) is 0 Å². The quantitative estimate of drug-likeness (QED) is 0.197. The van der Waals surface area contributed by atoms with Gasteiger partial charge in [-0.25, -0.2) is 4.98 Å². The molecule has 30 heavy (non-hydrogen) atoms. The van der Waals surface area contributed by atoms with E-state index in [0.717, 1.165) is 30.4 Å². The molecular formula is C19H29F3IN7. The monoisotopic (exact) mass is 539 g/mol. The van der Waals surface area contributed by atoms with Crippen molar-refractivity contribution in [2.75, 3.05) is 31.5 Å². The second-order valence-electron chi connectivity index (χ2n) is 6.52. The molecule has 0 saturated heterocycles. The number of nitrogens with one attached hydrogen (secondary N) is 3. The summed E-state index contributed by atoms with van der Waals surface area (Å²) < 4.78 is 40.9. The molecule has 0 aliphatic carbocycles. The molecular weight excluding hydrogens is 510 g/mol. The fourth-order valence-corrected chi connectivity index (χ4v) is 2.79. The normalized spacial score (nSPS) is 11.7. The van der Waals surface area contributed by atoms with E-state index in [1.54, 1.807) is 0 Å². The number of aliphatic imine (C=N–C) groups is 1. The van der Waals surface area contributed by atoms with Gasteiger partial charge in [-0.1, -0.05) is 0 Å². The van der Waals surface area contributed by atoms with Crippen LogP contribution in [0.2, 0.25) is 0 Å². The zero-order valence-electron chi connectivity index (χ0n) is 17.4. The van der Waals surface area contributed by atoms with Gasteiger partial charge in [0.25, 0.3) is 0 Å².